The summed E-state index contributed by atoms with van der Waals surface area (Å²) < 4.78 is 0. The van der Waals surface area contributed by atoms with E-state index in [2.05, 4.69) is 84.5 Å². The molecule has 0 spiro atoms. The second kappa shape index (κ2) is 15.2. The van der Waals surface area contributed by atoms with Crippen molar-refractivity contribution in [2.75, 3.05) is 11.7 Å². The van der Waals surface area contributed by atoms with E-state index in [-0.39, 0.29) is 6.47 Å². The Morgan fingerprint density at radius 1 is 1.03 bits per heavy atom. The summed E-state index contributed by atoms with van der Waals surface area (Å²) in [6, 6.07) is 23.3. The molecule has 0 unspecified atom stereocenters. The van der Waals surface area contributed by atoms with Crippen LogP contribution in [-0.2, 0) is 16.1 Å². The van der Waals surface area contributed by atoms with Crippen LogP contribution in [0.25, 0.3) is 10.4 Å². The van der Waals surface area contributed by atoms with Gasteiger partial charge in [0.05, 0.1) is 0 Å². The van der Waals surface area contributed by atoms with Crippen molar-refractivity contribution in [3.05, 3.63) is 77.2 Å². The molecule has 0 atom stereocenters. The van der Waals surface area contributed by atoms with Gasteiger partial charge in [-0.15, -0.1) is 22.9 Å². The molecule has 3 aromatic rings. The molecule has 1 fully saturated rings. The zero-order valence-corrected chi connectivity index (χ0v) is 18.8. The standard InChI is InChI=1S/C18H17NS.C4H6O.CH3Cl.CH2O2/c1-14-17(19-13-15-8-4-2-5-9-15)12-18(20-14)16-10-6-3-7-11-16;5-3-4-1-2-4;1-2;2-1-3/h2-12,19H,13H2,1H3;3-4H,1-2H2;1H3;1H,(H,2,3). The topological polar surface area (TPSA) is 66.4 Å². The zero-order valence-electron chi connectivity index (χ0n) is 17.3. The molecular formula is C24H28ClNO3S. The van der Waals surface area contributed by atoms with E-state index in [0.717, 1.165) is 25.7 Å². The van der Waals surface area contributed by atoms with Crippen LogP contribution in [0.2, 0.25) is 0 Å². The van der Waals surface area contributed by atoms with E-state index in [1.54, 1.807) is 0 Å². The van der Waals surface area contributed by atoms with Crippen molar-refractivity contribution >= 4 is 41.4 Å². The predicted molar refractivity (Wildman–Crippen MR) is 128 cm³/mol. The molecule has 2 N–H and O–H groups in total. The number of aldehydes is 1. The average molecular weight is 446 g/mol. The van der Waals surface area contributed by atoms with E-state index in [1.807, 2.05) is 17.4 Å². The van der Waals surface area contributed by atoms with Gasteiger partial charge in [-0.05, 0) is 37.0 Å². The highest BCUT2D eigenvalue weighted by atomic mass is 35.5. The molecule has 1 aromatic heterocycles. The lowest BCUT2D eigenvalue weighted by molar-refractivity contribution is -0.122. The number of alkyl halides is 1. The first-order valence-electron chi connectivity index (χ1n) is 9.52. The quantitative estimate of drug-likeness (QED) is 0.348. The number of hydrogen-bond donors (Lipinski definition) is 2. The normalized spacial score (nSPS) is 11.3. The fraction of sp³-hybridized carbons (Fsp3) is 0.250. The van der Waals surface area contributed by atoms with Crippen LogP contribution in [-0.4, -0.2) is 24.2 Å². The van der Waals surface area contributed by atoms with Gasteiger partial charge in [-0.25, -0.2) is 0 Å². The molecule has 160 valence electrons. The SMILES string of the molecule is CCl.Cc1sc(-c2ccccc2)cc1NCc1ccccc1.O=CC1CC1.O=CO. The largest absolute Gasteiger partial charge is 0.483 e. The van der Waals surface area contributed by atoms with E-state index in [0.29, 0.717) is 5.92 Å². The van der Waals surface area contributed by atoms with Crippen LogP contribution in [0.15, 0.2) is 66.7 Å². The highest BCUT2D eigenvalue weighted by molar-refractivity contribution is 7.16. The summed E-state index contributed by atoms with van der Waals surface area (Å²) in [7, 11) is 0. The van der Waals surface area contributed by atoms with Crippen molar-refractivity contribution in [1.82, 2.24) is 0 Å². The molecule has 1 saturated carbocycles. The van der Waals surface area contributed by atoms with Crippen molar-refractivity contribution < 1.29 is 14.7 Å². The van der Waals surface area contributed by atoms with E-state index >= 15 is 0 Å². The molecule has 2 aromatic carbocycles. The van der Waals surface area contributed by atoms with E-state index < -0.39 is 0 Å². The fourth-order valence-corrected chi connectivity index (χ4v) is 3.43. The summed E-state index contributed by atoms with van der Waals surface area (Å²) in [5, 5.41) is 10.4. The van der Waals surface area contributed by atoms with Crippen LogP contribution >= 0.6 is 22.9 Å². The van der Waals surface area contributed by atoms with Crippen LogP contribution in [0.1, 0.15) is 23.3 Å². The van der Waals surface area contributed by atoms with E-state index in [1.165, 1.54) is 33.0 Å². The van der Waals surface area contributed by atoms with Crippen molar-refractivity contribution in [2.45, 2.75) is 26.3 Å². The molecule has 0 amide bonds. The molecule has 0 radical (unpaired) electrons. The Morgan fingerprint density at radius 2 is 1.57 bits per heavy atom. The summed E-state index contributed by atoms with van der Waals surface area (Å²) in [5.41, 5.74) is 3.82. The van der Waals surface area contributed by atoms with Crippen LogP contribution in [0.4, 0.5) is 5.69 Å². The second-order valence-corrected chi connectivity index (χ2v) is 7.62. The Labute approximate surface area is 187 Å². The van der Waals surface area contributed by atoms with E-state index in [9.17, 15) is 4.79 Å². The highest BCUT2D eigenvalue weighted by Crippen LogP contribution is 2.34. The lowest BCUT2D eigenvalue weighted by Crippen LogP contribution is -1.98. The number of halogens is 1. The molecule has 6 heteroatoms. The summed E-state index contributed by atoms with van der Waals surface area (Å²) in [6.45, 7) is 2.79. The summed E-state index contributed by atoms with van der Waals surface area (Å²) in [5.74, 6) is 0.454. The van der Waals surface area contributed by atoms with Gasteiger partial charge in [-0.1, -0.05) is 60.7 Å². The smallest absolute Gasteiger partial charge is 0.290 e. The number of carbonyl (C=O) groups is 2. The Bertz CT molecular complexity index is 849. The predicted octanol–water partition coefficient (Wildman–Crippen LogP) is 6.49. The fourth-order valence-electron chi connectivity index (χ4n) is 2.43. The Hall–Kier alpha value is -2.63. The van der Waals surface area contributed by atoms with Crippen molar-refractivity contribution in [3.63, 3.8) is 0 Å². The van der Waals surface area contributed by atoms with Crippen LogP contribution in [0.3, 0.4) is 0 Å². The maximum Gasteiger partial charge on any atom is 0.290 e. The maximum absolute atomic E-state index is 9.57. The number of rotatable bonds is 5. The maximum atomic E-state index is 9.57. The average Bonchev–Trinajstić information content (AvgIpc) is 3.57. The Balaban J connectivity index is 0.000000376. The first-order chi connectivity index (χ1) is 14.7. The van der Waals surface area contributed by atoms with Crippen molar-refractivity contribution in [3.8, 4) is 10.4 Å². The van der Waals surface area contributed by atoms with Crippen LogP contribution in [0, 0.1) is 12.8 Å². The third kappa shape index (κ3) is 9.72. The number of benzene rings is 2. The Morgan fingerprint density at radius 3 is 2.03 bits per heavy atom. The van der Waals surface area contributed by atoms with Gasteiger partial charge in [0, 0.05) is 34.3 Å². The number of carbonyl (C=O) groups excluding carboxylic acids is 1. The first-order valence-corrected chi connectivity index (χ1v) is 11.1. The molecule has 0 aliphatic heterocycles. The number of thiophene rings is 1. The van der Waals surface area contributed by atoms with Gasteiger partial charge in [0.2, 0.25) is 0 Å². The zero-order chi connectivity index (χ0) is 22.2. The number of nitrogens with one attached hydrogen (secondary N) is 1. The van der Waals surface area contributed by atoms with Crippen LogP contribution < -0.4 is 5.32 Å². The number of hydrogen-bond acceptors (Lipinski definition) is 4. The second-order valence-electron chi connectivity index (χ2n) is 6.36. The monoisotopic (exact) mass is 445 g/mol. The molecule has 4 rings (SSSR count). The lowest BCUT2D eigenvalue weighted by atomic mass is 10.2. The van der Waals surface area contributed by atoms with Crippen LogP contribution in [0.5, 0.6) is 0 Å². The van der Waals surface area contributed by atoms with Gasteiger partial charge in [0.25, 0.3) is 6.47 Å². The third-order valence-electron chi connectivity index (χ3n) is 4.12. The highest BCUT2D eigenvalue weighted by Gasteiger charge is 2.18. The number of carboxylic acid groups (broad SMARTS) is 1. The molecular weight excluding hydrogens is 418 g/mol. The number of aryl methyl sites for hydroxylation is 1. The van der Waals surface area contributed by atoms with Gasteiger partial charge >= 0.3 is 0 Å². The van der Waals surface area contributed by atoms with E-state index in [4.69, 9.17) is 9.90 Å². The summed E-state index contributed by atoms with van der Waals surface area (Å²) >= 11 is 6.48. The summed E-state index contributed by atoms with van der Waals surface area (Å²) in [6.07, 6.45) is 4.78. The summed E-state index contributed by atoms with van der Waals surface area (Å²) in [4.78, 5) is 20.6. The van der Waals surface area contributed by atoms with Crippen molar-refractivity contribution in [2.24, 2.45) is 5.92 Å². The molecule has 4 nitrogen and oxygen atoms in total. The number of anilines is 1. The molecule has 1 aliphatic rings. The minimum Gasteiger partial charge on any atom is -0.483 e. The molecule has 0 bridgehead atoms. The molecule has 0 saturated heterocycles. The lowest BCUT2D eigenvalue weighted by Gasteiger charge is -2.05. The van der Waals surface area contributed by atoms with Crippen molar-refractivity contribution in [1.29, 1.82) is 0 Å². The first kappa shape index (κ1) is 25.4. The van der Waals surface area contributed by atoms with Gasteiger partial charge in [0.1, 0.15) is 6.29 Å². The minimum atomic E-state index is -0.250. The van der Waals surface area contributed by atoms with Gasteiger partial charge < -0.3 is 15.2 Å². The third-order valence-corrected chi connectivity index (χ3v) is 5.22. The minimum absolute atomic E-state index is 0.250. The molecule has 30 heavy (non-hydrogen) atoms. The van der Waals surface area contributed by atoms with Gasteiger partial charge in [0.15, 0.2) is 0 Å². The van der Waals surface area contributed by atoms with Gasteiger partial charge in [-0.3, -0.25) is 4.79 Å². The Kier molecular flexibility index (Phi) is 12.9. The molecule has 1 aliphatic carbocycles. The molecule has 1 heterocycles. The van der Waals surface area contributed by atoms with Gasteiger partial charge in [-0.2, -0.15) is 0 Å².